The summed E-state index contributed by atoms with van der Waals surface area (Å²) in [4.78, 5) is 48.3. The SMILES string of the molecule is O=C(CN1CCN(C(=O)CCn2cnc3sc4c(c3c2=O)CCCC4)CC1)NC1CC1. The fourth-order valence-corrected chi connectivity index (χ4v) is 5.79. The number of hydrogen-bond acceptors (Lipinski definition) is 6. The van der Waals surface area contributed by atoms with Gasteiger partial charge < -0.3 is 10.2 Å². The van der Waals surface area contributed by atoms with Gasteiger partial charge in [-0.25, -0.2) is 4.98 Å². The molecule has 31 heavy (non-hydrogen) atoms. The number of nitrogens with one attached hydrogen (secondary N) is 1. The number of hydrogen-bond donors (Lipinski definition) is 1. The highest BCUT2D eigenvalue weighted by molar-refractivity contribution is 7.18. The van der Waals surface area contributed by atoms with Crippen molar-refractivity contribution in [3.05, 3.63) is 27.1 Å². The minimum Gasteiger partial charge on any atom is -0.352 e. The molecular weight excluding hydrogens is 414 g/mol. The second-order valence-corrected chi connectivity index (χ2v) is 9.97. The van der Waals surface area contributed by atoms with Crippen LogP contribution in [0.15, 0.2) is 11.1 Å². The van der Waals surface area contributed by atoms with Crippen molar-refractivity contribution in [1.82, 2.24) is 24.7 Å². The third kappa shape index (κ3) is 4.52. The summed E-state index contributed by atoms with van der Waals surface area (Å²) in [7, 11) is 0. The molecular formula is C22H29N5O3S. The van der Waals surface area contributed by atoms with Gasteiger partial charge in [-0.3, -0.25) is 23.9 Å². The van der Waals surface area contributed by atoms with Gasteiger partial charge in [0.2, 0.25) is 11.8 Å². The van der Waals surface area contributed by atoms with E-state index in [4.69, 9.17) is 0 Å². The molecule has 2 aliphatic carbocycles. The minimum atomic E-state index is -0.0105. The van der Waals surface area contributed by atoms with Gasteiger partial charge in [0, 0.05) is 50.1 Å². The van der Waals surface area contributed by atoms with Crippen molar-refractivity contribution in [3.63, 3.8) is 0 Å². The molecule has 3 aliphatic rings. The molecule has 8 nitrogen and oxygen atoms in total. The number of carbonyl (C=O) groups excluding carboxylic acids is 2. The molecule has 0 atom stereocenters. The molecule has 3 heterocycles. The fraction of sp³-hybridized carbons (Fsp3) is 0.636. The van der Waals surface area contributed by atoms with Crippen LogP contribution in [0.25, 0.3) is 10.2 Å². The van der Waals surface area contributed by atoms with Crippen LogP contribution in [0.3, 0.4) is 0 Å². The highest BCUT2D eigenvalue weighted by atomic mass is 32.1. The Morgan fingerprint density at radius 1 is 1.13 bits per heavy atom. The molecule has 9 heteroatoms. The molecule has 2 amide bonds. The number of aromatic nitrogens is 2. The Kier molecular flexibility index (Phi) is 5.79. The third-order valence-electron chi connectivity index (χ3n) is 6.54. The normalized spacial score (nSPS) is 19.4. The molecule has 0 radical (unpaired) electrons. The van der Waals surface area contributed by atoms with Crippen LogP contribution in [0.2, 0.25) is 0 Å². The number of aryl methyl sites for hydroxylation is 3. The number of nitrogens with zero attached hydrogens (tertiary/aromatic N) is 4. The van der Waals surface area contributed by atoms with Crippen LogP contribution in [0, 0.1) is 0 Å². The second kappa shape index (κ2) is 8.70. The van der Waals surface area contributed by atoms with Gasteiger partial charge in [0.1, 0.15) is 4.83 Å². The summed E-state index contributed by atoms with van der Waals surface area (Å²) in [6.45, 7) is 3.43. The molecule has 0 aromatic carbocycles. The van der Waals surface area contributed by atoms with Crippen LogP contribution in [0.4, 0.5) is 0 Å². The second-order valence-electron chi connectivity index (χ2n) is 8.88. The van der Waals surface area contributed by atoms with E-state index >= 15 is 0 Å². The van der Waals surface area contributed by atoms with Crippen LogP contribution >= 0.6 is 11.3 Å². The lowest BCUT2D eigenvalue weighted by Crippen LogP contribution is -2.51. The molecule has 0 spiro atoms. The first-order valence-electron chi connectivity index (χ1n) is 11.4. The Morgan fingerprint density at radius 3 is 2.68 bits per heavy atom. The number of rotatable bonds is 6. The van der Waals surface area contributed by atoms with Gasteiger partial charge in [-0.1, -0.05) is 0 Å². The summed E-state index contributed by atoms with van der Waals surface area (Å²) in [5, 5.41) is 3.78. The smallest absolute Gasteiger partial charge is 0.262 e. The standard InChI is InChI=1S/C22H29N5O3S/c28-18(24-15-5-6-15)13-25-9-11-26(12-10-25)19(29)7-8-27-14-23-21-20(22(27)30)16-3-1-2-4-17(16)31-21/h14-15H,1-13H2,(H,24,28). The van der Waals surface area contributed by atoms with Crippen molar-refractivity contribution in [1.29, 1.82) is 0 Å². The van der Waals surface area contributed by atoms with Crippen LogP contribution in [0.5, 0.6) is 0 Å². The van der Waals surface area contributed by atoms with Crippen molar-refractivity contribution < 1.29 is 9.59 Å². The number of carbonyl (C=O) groups is 2. The highest BCUT2D eigenvalue weighted by Gasteiger charge is 2.26. The van der Waals surface area contributed by atoms with Crippen LogP contribution in [-0.4, -0.2) is 69.9 Å². The first-order chi connectivity index (χ1) is 15.1. The molecule has 0 unspecified atom stereocenters. The Hall–Kier alpha value is -2.26. The van der Waals surface area contributed by atoms with Gasteiger partial charge in [0.05, 0.1) is 18.3 Å². The molecule has 2 aromatic heterocycles. The van der Waals surface area contributed by atoms with E-state index in [-0.39, 0.29) is 17.4 Å². The van der Waals surface area contributed by atoms with Gasteiger partial charge in [-0.2, -0.15) is 0 Å². The zero-order valence-corrected chi connectivity index (χ0v) is 18.6. The average Bonchev–Trinajstić information content (AvgIpc) is 3.50. The number of thiophene rings is 1. The number of piperazine rings is 1. The average molecular weight is 444 g/mol. The van der Waals surface area contributed by atoms with E-state index in [1.54, 1.807) is 22.2 Å². The Balaban J connectivity index is 1.15. The fourth-order valence-electron chi connectivity index (χ4n) is 4.57. The maximum absolute atomic E-state index is 13.0. The summed E-state index contributed by atoms with van der Waals surface area (Å²) in [6, 6.07) is 0.382. The topological polar surface area (TPSA) is 87.5 Å². The van der Waals surface area contributed by atoms with Gasteiger partial charge in [0.25, 0.3) is 5.56 Å². The highest BCUT2D eigenvalue weighted by Crippen LogP contribution is 2.33. The molecule has 1 saturated heterocycles. The molecule has 2 fully saturated rings. The molecule has 0 bridgehead atoms. The lowest BCUT2D eigenvalue weighted by atomic mass is 9.97. The lowest BCUT2D eigenvalue weighted by Gasteiger charge is -2.34. The molecule has 2 aromatic rings. The maximum atomic E-state index is 13.0. The number of amides is 2. The Bertz CT molecular complexity index is 1050. The number of fused-ring (bicyclic) bond motifs is 3. The van der Waals surface area contributed by atoms with Gasteiger partial charge in [-0.05, 0) is 44.1 Å². The van der Waals surface area contributed by atoms with E-state index in [2.05, 4.69) is 15.2 Å². The largest absolute Gasteiger partial charge is 0.352 e. The van der Waals surface area contributed by atoms with Crippen molar-refractivity contribution in [2.75, 3.05) is 32.7 Å². The van der Waals surface area contributed by atoms with E-state index in [0.717, 1.165) is 42.3 Å². The predicted octanol–water partition coefficient (Wildman–Crippen LogP) is 1.15. The van der Waals surface area contributed by atoms with E-state index in [1.165, 1.54) is 16.9 Å². The zero-order chi connectivity index (χ0) is 21.4. The molecule has 5 rings (SSSR count). The van der Waals surface area contributed by atoms with E-state index in [1.807, 2.05) is 4.90 Å². The van der Waals surface area contributed by atoms with Crippen molar-refractivity contribution in [2.24, 2.45) is 0 Å². The summed E-state index contributed by atoms with van der Waals surface area (Å²) in [5.74, 6) is 0.140. The van der Waals surface area contributed by atoms with E-state index in [0.29, 0.717) is 51.7 Å². The quantitative estimate of drug-likeness (QED) is 0.724. The third-order valence-corrected chi connectivity index (χ3v) is 7.74. The maximum Gasteiger partial charge on any atom is 0.262 e. The summed E-state index contributed by atoms with van der Waals surface area (Å²) >= 11 is 1.65. The first kappa shape index (κ1) is 20.6. The van der Waals surface area contributed by atoms with E-state index in [9.17, 15) is 14.4 Å². The Morgan fingerprint density at radius 2 is 1.90 bits per heavy atom. The van der Waals surface area contributed by atoms with Crippen LogP contribution in [-0.2, 0) is 29.0 Å². The van der Waals surface area contributed by atoms with E-state index < -0.39 is 0 Å². The molecule has 166 valence electrons. The molecule has 1 N–H and O–H groups in total. The summed E-state index contributed by atoms with van der Waals surface area (Å²) in [6.07, 6.45) is 8.38. The zero-order valence-electron chi connectivity index (χ0n) is 17.8. The Labute approximate surface area is 185 Å². The van der Waals surface area contributed by atoms with Crippen molar-refractivity contribution >= 4 is 33.4 Å². The van der Waals surface area contributed by atoms with Gasteiger partial charge in [0.15, 0.2) is 0 Å². The minimum absolute atomic E-state index is 0.0105. The molecule has 1 saturated carbocycles. The van der Waals surface area contributed by atoms with Crippen LogP contribution in [0.1, 0.15) is 42.5 Å². The predicted molar refractivity (Wildman–Crippen MR) is 119 cm³/mol. The van der Waals surface area contributed by atoms with Crippen molar-refractivity contribution in [3.8, 4) is 0 Å². The monoisotopic (exact) mass is 443 g/mol. The summed E-state index contributed by atoms with van der Waals surface area (Å²) < 4.78 is 1.60. The lowest BCUT2D eigenvalue weighted by molar-refractivity contribution is -0.133. The van der Waals surface area contributed by atoms with Crippen LogP contribution < -0.4 is 10.9 Å². The van der Waals surface area contributed by atoms with Gasteiger partial charge >= 0.3 is 0 Å². The van der Waals surface area contributed by atoms with Crippen molar-refractivity contribution in [2.45, 2.75) is 57.5 Å². The first-order valence-corrected chi connectivity index (χ1v) is 12.2. The summed E-state index contributed by atoms with van der Waals surface area (Å²) in [5.41, 5.74) is 1.18. The van der Waals surface area contributed by atoms with Gasteiger partial charge in [-0.15, -0.1) is 11.3 Å². The molecule has 1 aliphatic heterocycles.